The first-order chi connectivity index (χ1) is 12.5. The van der Waals surface area contributed by atoms with Crippen molar-refractivity contribution in [2.24, 2.45) is 0 Å². The summed E-state index contributed by atoms with van der Waals surface area (Å²) in [6.07, 6.45) is 2.07. The first-order valence-corrected chi connectivity index (χ1v) is 9.91. The fourth-order valence-electron chi connectivity index (χ4n) is 2.99. The number of carbonyl (C=O) groups is 1. The summed E-state index contributed by atoms with van der Waals surface area (Å²) in [5.41, 5.74) is 2.24. The number of hydrogen-bond donors (Lipinski definition) is 2. The van der Waals surface area contributed by atoms with Gasteiger partial charge in [0.25, 0.3) is 5.91 Å². The summed E-state index contributed by atoms with van der Waals surface area (Å²) in [7, 11) is 2.04. The molecule has 1 amide bonds. The van der Waals surface area contributed by atoms with Crippen molar-refractivity contribution < 1.29 is 19.2 Å². The Morgan fingerprint density at radius 1 is 1.19 bits per heavy atom. The SMILES string of the molecule is CSc1ccc(C[NH+](C)CC(=O)N[C@@H](C)c2ccc3c(c2)OCO3)cc1. The molecule has 0 bridgehead atoms. The number of nitrogens with one attached hydrogen (secondary N) is 2. The fraction of sp³-hybridized carbons (Fsp3) is 0.350. The minimum Gasteiger partial charge on any atom is -0.454 e. The van der Waals surface area contributed by atoms with Gasteiger partial charge in [-0.1, -0.05) is 18.2 Å². The first kappa shape index (κ1) is 18.6. The fourth-order valence-corrected chi connectivity index (χ4v) is 3.39. The van der Waals surface area contributed by atoms with Crippen molar-refractivity contribution >= 4 is 17.7 Å². The van der Waals surface area contributed by atoms with Crippen LogP contribution < -0.4 is 19.7 Å². The topological polar surface area (TPSA) is 52.0 Å². The molecule has 0 radical (unpaired) electrons. The van der Waals surface area contributed by atoms with Gasteiger partial charge in [-0.25, -0.2) is 0 Å². The minimum absolute atomic E-state index is 0.0356. The van der Waals surface area contributed by atoms with Gasteiger partial charge < -0.3 is 19.7 Å². The lowest BCUT2D eigenvalue weighted by molar-refractivity contribution is -0.885. The van der Waals surface area contributed by atoms with Crippen LogP contribution in [0.25, 0.3) is 0 Å². The van der Waals surface area contributed by atoms with E-state index in [0.29, 0.717) is 6.54 Å². The number of quaternary nitrogens is 1. The largest absolute Gasteiger partial charge is 0.454 e. The van der Waals surface area contributed by atoms with Crippen LogP contribution in [0.3, 0.4) is 0 Å². The molecular weight excluding hydrogens is 348 g/mol. The quantitative estimate of drug-likeness (QED) is 0.730. The molecule has 0 saturated heterocycles. The zero-order valence-electron chi connectivity index (χ0n) is 15.4. The number of hydrogen-bond acceptors (Lipinski definition) is 4. The van der Waals surface area contributed by atoms with Crippen LogP contribution in [0.1, 0.15) is 24.1 Å². The van der Waals surface area contributed by atoms with Crippen LogP contribution in [-0.2, 0) is 11.3 Å². The molecule has 0 fully saturated rings. The van der Waals surface area contributed by atoms with E-state index in [1.54, 1.807) is 11.8 Å². The van der Waals surface area contributed by atoms with Crippen LogP contribution in [0.5, 0.6) is 11.5 Å². The third-order valence-electron chi connectivity index (χ3n) is 4.40. The molecule has 0 aromatic heterocycles. The first-order valence-electron chi connectivity index (χ1n) is 8.68. The zero-order chi connectivity index (χ0) is 18.5. The van der Waals surface area contributed by atoms with Gasteiger partial charge in [-0.2, -0.15) is 0 Å². The van der Waals surface area contributed by atoms with Crippen molar-refractivity contribution in [1.29, 1.82) is 0 Å². The molecule has 26 heavy (non-hydrogen) atoms. The van der Waals surface area contributed by atoms with Gasteiger partial charge >= 0.3 is 0 Å². The molecule has 3 rings (SSSR count). The second-order valence-corrected chi connectivity index (χ2v) is 7.44. The Hall–Kier alpha value is -2.18. The van der Waals surface area contributed by atoms with Gasteiger partial charge in [0.05, 0.1) is 13.1 Å². The van der Waals surface area contributed by atoms with E-state index in [1.165, 1.54) is 10.5 Å². The lowest BCUT2D eigenvalue weighted by Crippen LogP contribution is -3.08. The van der Waals surface area contributed by atoms with Crippen LogP contribution in [0.2, 0.25) is 0 Å². The predicted octanol–water partition coefficient (Wildman–Crippen LogP) is 2.03. The Bertz CT molecular complexity index is 764. The maximum Gasteiger partial charge on any atom is 0.275 e. The van der Waals surface area contributed by atoms with Crippen LogP contribution in [0, 0.1) is 0 Å². The molecule has 2 aromatic rings. The summed E-state index contributed by atoms with van der Waals surface area (Å²) in [4.78, 5) is 14.8. The van der Waals surface area contributed by atoms with E-state index in [2.05, 4.69) is 35.8 Å². The molecule has 2 aromatic carbocycles. The lowest BCUT2D eigenvalue weighted by atomic mass is 10.1. The molecule has 0 saturated carbocycles. The van der Waals surface area contributed by atoms with Crippen molar-refractivity contribution in [2.75, 3.05) is 26.6 Å². The number of ether oxygens (including phenoxy) is 2. The minimum atomic E-state index is -0.0781. The maximum atomic E-state index is 12.4. The number of rotatable bonds is 7. The van der Waals surface area contributed by atoms with Gasteiger partial charge in [0, 0.05) is 10.5 Å². The Morgan fingerprint density at radius 2 is 1.92 bits per heavy atom. The molecule has 2 N–H and O–H groups in total. The smallest absolute Gasteiger partial charge is 0.275 e. The molecule has 0 aliphatic carbocycles. The number of likely N-dealkylation sites (N-methyl/N-ethyl adjacent to an activating group) is 1. The average molecular weight is 373 g/mol. The van der Waals surface area contributed by atoms with Crippen LogP contribution in [0.4, 0.5) is 0 Å². The lowest BCUT2D eigenvalue weighted by Gasteiger charge is -2.18. The van der Waals surface area contributed by atoms with Gasteiger partial charge in [-0.05, 0) is 43.0 Å². The van der Waals surface area contributed by atoms with Crippen molar-refractivity contribution in [3.8, 4) is 11.5 Å². The third kappa shape index (κ3) is 4.71. The zero-order valence-corrected chi connectivity index (χ0v) is 16.2. The Morgan fingerprint density at radius 3 is 2.65 bits per heavy atom. The highest BCUT2D eigenvalue weighted by atomic mass is 32.2. The Balaban J connectivity index is 1.50. The number of fused-ring (bicyclic) bond motifs is 1. The summed E-state index contributed by atoms with van der Waals surface area (Å²) in [6.45, 7) is 3.48. The highest BCUT2D eigenvalue weighted by molar-refractivity contribution is 7.98. The molecule has 2 atom stereocenters. The molecule has 0 spiro atoms. The number of carbonyl (C=O) groups excluding carboxylic acids is 1. The number of amides is 1. The van der Waals surface area contributed by atoms with E-state index in [0.717, 1.165) is 28.5 Å². The summed E-state index contributed by atoms with van der Waals surface area (Å²) >= 11 is 1.73. The highest BCUT2D eigenvalue weighted by Crippen LogP contribution is 2.34. The molecule has 1 aliphatic rings. The summed E-state index contributed by atoms with van der Waals surface area (Å²) in [5, 5.41) is 3.06. The van der Waals surface area contributed by atoms with Crippen LogP contribution >= 0.6 is 11.8 Å². The van der Waals surface area contributed by atoms with E-state index >= 15 is 0 Å². The van der Waals surface area contributed by atoms with Crippen molar-refractivity contribution in [1.82, 2.24) is 5.32 Å². The van der Waals surface area contributed by atoms with E-state index in [1.807, 2.05) is 32.2 Å². The number of benzene rings is 2. The monoisotopic (exact) mass is 373 g/mol. The molecule has 1 aliphatic heterocycles. The van der Waals surface area contributed by atoms with Crippen LogP contribution in [-0.4, -0.2) is 32.5 Å². The van der Waals surface area contributed by atoms with E-state index < -0.39 is 0 Å². The second kappa shape index (κ2) is 8.47. The molecule has 5 nitrogen and oxygen atoms in total. The van der Waals surface area contributed by atoms with Gasteiger partial charge in [-0.3, -0.25) is 4.79 Å². The summed E-state index contributed by atoms with van der Waals surface area (Å²) in [6, 6.07) is 14.2. The molecule has 138 valence electrons. The summed E-state index contributed by atoms with van der Waals surface area (Å²) < 4.78 is 10.7. The molecule has 1 unspecified atom stereocenters. The normalized spacial score (nSPS) is 14.7. The van der Waals surface area contributed by atoms with Crippen molar-refractivity contribution in [3.05, 3.63) is 53.6 Å². The van der Waals surface area contributed by atoms with Gasteiger partial charge in [0.15, 0.2) is 18.0 Å². The highest BCUT2D eigenvalue weighted by Gasteiger charge is 2.18. The van der Waals surface area contributed by atoms with E-state index in [9.17, 15) is 4.79 Å². The standard InChI is InChI=1S/C20H24N2O3S/c1-14(16-6-9-18-19(10-16)25-13-24-18)21-20(23)12-22(2)11-15-4-7-17(26-3)8-5-15/h4-10,14H,11-13H2,1-3H3,(H,21,23)/p+1/t14-/m0/s1. The molecule has 1 heterocycles. The van der Waals surface area contributed by atoms with E-state index in [-0.39, 0.29) is 18.7 Å². The second-order valence-electron chi connectivity index (χ2n) is 6.56. The predicted molar refractivity (Wildman–Crippen MR) is 103 cm³/mol. The van der Waals surface area contributed by atoms with Crippen molar-refractivity contribution in [3.63, 3.8) is 0 Å². The Labute approximate surface area is 158 Å². The van der Waals surface area contributed by atoms with Crippen LogP contribution in [0.15, 0.2) is 47.4 Å². The van der Waals surface area contributed by atoms with Crippen molar-refractivity contribution in [2.45, 2.75) is 24.4 Å². The van der Waals surface area contributed by atoms with Gasteiger partial charge in [-0.15, -0.1) is 11.8 Å². The maximum absolute atomic E-state index is 12.4. The summed E-state index contributed by atoms with van der Waals surface area (Å²) in [5.74, 6) is 1.53. The average Bonchev–Trinajstić information content (AvgIpc) is 3.09. The van der Waals surface area contributed by atoms with Gasteiger partial charge in [0.2, 0.25) is 6.79 Å². The Kier molecular flexibility index (Phi) is 6.06. The molecular formula is C20H25N2O3S+. The van der Waals surface area contributed by atoms with Gasteiger partial charge in [0.1, 0.15) is 6.54 Å². The number of thioether (sulfide) groups is 1. The molecule has 6 heteroatoms. The van der Waals surface area contributed by atoms with E-state index in [4.69, 9.17) is 9.47 Å². The third-order valence-corrected chi connectivity index (χ3v) is 5.14.